The molecule has 1 aromatic carbocycles. The van der Waals surface area contributed by atoms with Crippen molar-refractivity contribution in [3.63, 3.8) is 0 Å². The molecular formula is C14H17Cl2F4NO. The predicted molar refractivity (Wildman–Crippen MR) is 78.6 cm³/mol. The van der Waals surface area contributed by atoms with Crippen LogP contribution in [-0.2, 0) is 6.18 Å². The molecule has 0 bridgehead atoms. The lowest BCUT2D eigenvalue weighted by Gasteiger charge is -2.27. The van der Waals surface area contributed by atoms with Gasteiger partial charge in [0.25, 0.3) is 0 Å². The van der Waals surface area contributed by atoms with Crippen molar-refractivity contribution >= 4 is 24.0 Å². The van der Waals surface area contributed by atoms with E-state index in [9.17, 15) is 22.7 Å². The van der Waals surface area contributed by atoms with Crippen molar-refractivity contribution < 1.29 is 22.7 Å². The monoisotopic (exact) mass is 361 g/mol. The molecule has 1 aliphatic carbocycles. The SMILES string of the molecule is Cl.N[C@H](c1c(C(F)(F)F)ccc(Cl)c1F)[C@@H](O)C1CCCC1. The molecule has 2 atom stereocenters. The van der Waals surface area contributed by atoms with Crippen molar-refractivity contribution in [3.8, 4) is 0 Å². The van der Waals surface area contributed by atoms with Gasteiger partial charge in [-0.2, -0.15) is 13.2 Å². The Morgan fingerprint density at radius 1 is 1.23 bits per heavy atom. The van der Waals surface area contributed by atoms with E-state index in [-0.39, 0.29) is 18.3 Å². The normalized spacial score (nSPS) is 18.9. The Balaban J connectivity index is 0.00000242. The van der Waals surface area contributed by atoms with Crippen molar-refractivity contribution in [2.24, 2.45) is 11.7 Å². The molecule has 0 saturated heterocycles. The highest BCUT2D eigenvalue weighted by atomic mass is 35.5. The van der Waals surface area contributed by atoms with Crippen LogP contribution in [0.4, 0.5) is 17.6 Å². The first kappa shape index (κ1) is 19.5. The number of nitrogens with two attached hydrogens (primary N) is 1. The van der Waals surface area contributed by atoms with E-state index in [1.165, 1.54) is 0 Å². The van der Waals surface area contributed by atoms with Crippen LogP contribution in [0, 0.1) is 11.7 Å². The van der Waals surface area contributed by atoms with E-state index < -0.39 is 40.3 Å². The minimum Gasteiger partial charge on any atom is -0.391 e. The van der Waals surface area contributed by atoms with E-state index in [2.05, 4.69) is 0 Å². The van der Waals surface area contributed by atoms with Gasteiger partial charge in [0.1, 0.15) is 5.82 Å². The second-order valence-electron chi connectivity index (χ2n) is 5.38. The number of hydrogen-bond acceptors (Lipinski definition) is 2. The Bertz CT molecular complexity index is 518. The Labute approximate surface area is 137 Å². The van der Waals surface area contributed by atoms with E-state index >= 15 is 0 Å². The van der Waals surface area contributed by atoms with Gasteiger partial charge in [-0.25, -0.2) is 4.39 Å². The largest absolute Gasteiger partial charge is 0.416 e. The van der Waals surface area contributed by atoms with Crippen LogP contribution in [0.2, 0.25) is 5.02 Å². The van der Waals surface area contributed by atoms with Gasteiger partial charge in [-0.3, -0.25) is 0 Å². The third kappa shape index (κ3) is 3.85. The lowest BCUT2D eigenvalue weighted by molar-refractivity contribution is -0.139. The van der Waals surface area contributed by atoms with E-state index in [4.69, 9.17) is 17.3 Å². The van der Waals surface area contributed by atoms with Crippen molar-refractivity contribution in [2.45, 2.75) is 44.0 Å². The molecule has 1 fully saturated rings. The minimum atomic E-state index is -4.76. The smallest absolute Gasteiger partial charge is 0.391 e. The second-order valence-corrected chi connectivity index (χ2v) is 5.79. The first-order valence-electron chi connectivity index (χ1n) is 6.72. The number of hydrogen-bond donors (Lipinski definition) is 2. The molecule has 0 spiro atoms. The minimum absolute atomic E-state index is 0. The Morgan fingerprint density at radius 3 is 2.27 bits per heavy atom. The Hall–Kier alpha value is -0.560. The molecule has 0 radical (unpaired) electrons. The quantitative estimate of drug-likeness (QED) is 0.780. The van der Waals surface area contributed by atoms with Crippen LogP contribution < -0.4 is 5.73 Å². The third-order valence-corrected chi connectivity index (χ3v) is 4.31. The summed E-state index contributed by atoms with van der Waals surface area (Å²) in [5.74, 6) is -1.42. The van der Waals surface area contributed by atoms with Crippen molar-refractivity contribution in [1.82, 2.24) is 0 Å². The molecule has 0 aliphatic heterocycles. The van der Waals surface area contributed by atoms with Crippen molar-refractivity contribution in [3.05, 3.63) is 34.1 Å². The van der Waals surface area contributed by atoms with Crippen molar-refractivity contribution in [1.29, 1.82) is 0 Å². The highest BCUT2D eigenvalue weighted by Gasteiger charge is 2.40. The topological polar surface area (TPSA) is 46.2 Å². The molecule has 1 saturated carbocycles. The average molecular weight is 362 g/mol. The first-order chi connectivity index (χ1) is 9.73. The summed E-state index contributed by atoms with van der Waals surface area (Å²) >= 11 is 5.56. The van der Waals surface area contributed by atoms with Gasteiger partial charge in [0.15, 0.2) is 0 Å². The van der Waals surface area contributed by atoms with E-state index in [0.717, 1.165) is 18.9 Å². The third-order valence-electron chi connectivity index (χ3n) is 4.02. The summed E-state index contributed by atoms with van der Waals surface area (Å²) < 4.78 is 53.1. The maximum Gasteiger partial charge on any atom is 0.416 e. The summed E-state index contributed by atoms with van der Waals surface area (Å²) in [4.78, 5) is 0. The summed E-state index contributed by atoms with van der Waals surface area (Å²) in [6.45, 7) is 0. The number of aliphatic hydroxyl groups is 1. The standard InChI is InChI=1S/C14H16ClF4NO.ClH/c15-9-6-5-8(14(17,18)19)10(11(9)16)12(20)13(21)7-3-1-2-4-7;/h5-7,12-13,21H,1-4,20H2;1H/t12-,13+;/m1./s1. The van der Waals surface area contributed by atoms with E-state index in [1.54, 1.807) is 0 Å². The van der Waals surface area contributed by atoms with Gasteiger partial charge in [0.2, 0.25) is 0 Å². The number of benzene rings is 1. The zero-order valence-electron chi connectivity index (χ0n) is 11.5. The lowest BCUT2D eigenvalue weighted by Crippen LogP contribution is -2.34. The van der Waals surface area contributed by atoms with E-state index in [0.29, 0.717) is 18.9 Å². The second kappa shape index (κ2) is 7.34. The predicted octanol–water partition coefficient (Wildman–Crippen LogP) is 4.47. The maximum atomic E-state index is 14.1. The van der Waals surface area contributed by atoms with Crippen LogP contribution in [0.5, 0.6) is 0 Å². The molecular weight excluding hydrogens is 345 g/mol. The van der Waals surface area contributed by atoms with Gasteiger partial charge in [-0.15, -0.1) is 12.4 Å². The summed E-state index contributed by atoms with van der Waals surface area (Å²) in [5, 5.41) is 9.74. The molecule has 8 heteroatoms. The van der Waals surface area contributed by atoms with Gasteiger partial charge in [0.05, 0.1) is 22.7 Å². The number of alkyl halides is 3. The molecule has 1 aliphatic rings. The van der Waals surface area contributed by atoms with Crippen LogP contribution in [-0.4, -0.2) is 11.2 Å². The zero-order valence-corrected chi connectivity index (χ0v) is 13.1. The molecule has 1 aromatic rings. The van der Waals surface area contributed by atoms with Crippen LogP contribution in [0.25, 0.3) is 0 Å². The fraction of sp³-hybridized carbons (Fsp3) is 0.571. The van der Waals surface area contributed by atoms with Gasteiger partial charge in [-0.1, -0.05) is 24.4 Å². The summed E-state index contributed by atoms with van der Waals surface area (Å²) in [6, 6.07) is 0.0864. The van der Waals surface area contributed by atoms with Crippen molar-refractivity contribution in [2.75, 3.05) is 0 Å². The lowest BCUT2D eigenvalue weighted by atomic mass is 9.88. The summed E-state index contributed by atoms with van der Waals surface area (Å²) in [5.41, 5.74) is 3.80. The molecule has 22 heavy (non-hydrogen) atoms. The fourth-order valence-corrected chi connectivity index (χ4v) is 3.07. The van der Waals surface area contributed by atoms with E-state index in [1.807, 2.05) is 0 Å². The van der Waals surface area contributed by atoms with Gasteiger partial charge in [-0.05, 0) is 30.9 Å². The Morgan fingerprint density at radius 2 is 1.77 bits per heavy atom. The molecule has 126 valence electrons. The molecule has 3 N–H and O–H groups in total. The summed E-state index contributed by atoms with van der Waals surface area (Å²) in [7, 11) is 0. The molecule has 2 rings (SSSR count). The number of halogens is 6. The van der Waals surface area contributed by atoms with Gasteiger partial charge < -0.3 is 10.8 Å². The molecule has 0 unspecified atom stereocenters. The fourth-order valence-electron chi connectivity index (χ4n) is 2.90. The van der Waals surface area contributed by atoms with Gasteiger partial charge in [0, 0.05) is 5.56 Å². The maximum absolute atomic E-state index is 14.1. The highest BCUT2D eigenvalue weighted by Crippen LogP contribution is 2.40. The number of aliphatic hydroxyl groups excluding tert-OH is 1. The molecule has 0 heterocycles. The van der Waals surface area contributed by atoms with Gasteiger partial charge >= 0.3 is 6.18 Å². The Kier molecular flexibility index (Phi) is 6.50. The van der Waals surface area contributed by atoms with Crippen LogP contribution in [0.3, 0.4) is 0 Å². The van der Waals surface area contributed by atoms with Crippen LogP contribution >= 0.6 is 24.0 Å². The summed E-state index contributed by atoms with van der Waals surface area (Å²) in [6.07, 6.45) is -2.84. The molecule has 2 nitrogen and oxygen atoms in total. The van der Waals surface area contributed by atoms with Crippen LogP contribution in [0.1, 0.15) is 42.9 Å². The average Bonchev–Trinajstić information content (AvgIpc) is 2.92. The number of rotatable bonds is 3. The highest BCUT2D eigenvalue weighted by molar-refractivity contribution is 6.30. The first-order valence-corrected chi connectivity index (χ1v) is 7.10. The molecule has 0 amide bonds. The van der Waals surface area contributed by atoms with Crippen LogP contribution in [0.15, 0.2) is 12.1 Å². The molecule has 0 aromatic heterocycles. The zero-order chi connectivity index (χ0) is 15.8.